The zero-order valence-corrected chi connectivity index (χ0v) is 10.4. The number of alkyl halides is 3. The highest BCUT2D eigenvalue weighted by atomic mass is 19.4. The van der Waals surface area contributed by atoms with Crippen LogP contribution in [0.1, 0.15) is 17.2 Å². The minimum absolute atomic E-state index is 0.245. The Bertz CT molecular complexity index is 460. The predicted molar refractivity (Wildman–Crippen MR) is 62.2 cm³/mol. The van der Waals surface area contributed by atoms with Crippen LogP contribution in [0.25, 0.3) is 0 Å². The first-order valence-electron chi connectivity index (χ1n) is 5.42. The van der Waals surface area contributed by atoms with Crippen LogP contribution in [0, 0.1) is 6.92 Å². The second-order valence-electron chi connectivity index (χ2n) is 4.00. The SMILES string of the molecule is COc1ccc(C(NCC(F)(F)F)C(=O)O)cc1C. The van der Waals surface area contributed by atoms with E-state index in [1.807, 2.05) is 5.32 Å². The van der Waals surface area contributed by atoms with Crippen molar-refractivity contribution in [3.8, 4) is 5.75 Å². The molecule has 0 aliphatic heterocycles. The summed E-state index contributed by atoms with van der Waals surface area (Å²) in [5.41, 5.74) is 0.898. The maximum absolute atomic E-state index is 12.1. The van der Waals surface area contributed by atoms with Crippen LogP contribution in [0.2, 0.25) is 0 Å². The molecule has 0 amide bonds. The van der Waals surface area contributed by atoms with Gasteiger partial charge in [-0.15, -0.1) is 0 Å². The quantitative estimate of drug-likeness (QED) is 0.867. The Labute approximate surface area is 108 Å². The molecule has 19 heavy (non-hydrogen) atoms. The minimum atomic E-state index is -4.46. The summed E-state index contributed by atoms with van der Waals surface area (Å²) in [5, 5.41) is 11.0. The Morgan fingerprint density at radius 2 is 2.11 bits per heavy atom. The summed E-state index contributed by atoms with van der Waals surface area (Å²) in [6.07, 6.45) is -4.46. The summed E-state index contributed by atoms with van der Waals surface area (Å²) in [5.74, 6) is -0.822. The Hall–Kier alpha value is -1.76. The highest BCUT2D eigenvalue weighted by Crippen LogP contribution is 2.23. The largest absolute Gasteiger partial charge is 0.496 e. The minimum Gasteiger partial charge on any atom is -0.496 e. The lowest BCUT2D eigenvalue weighted by atomic mass is 10.0. The van der Waals surface area contributed by atoms with Crippen molar-refractivity contribution in [2.24, 2.45) is 0 Å². The van der Waals surface area contributed by atoms with Crippen LogP contribution >= 0.6 is 0 Å². The number of carboxylic acid groups (broad SMARTS) is 1. The highest BCUT2D eigenvalue weighted by Gasteiger charge is 2.30. The molecule has 0 aliphatic carbocycles. The molecule has 2 N–H and O–H groups in total. The third-order valence-electron chi connectivity index (χ3n) is 2.51. The molecule has 0 fully saturated rings. The van der Waals surface area contributed by atoms with Gasteiger partial charge in [-0.3, -0.25) is 10.1 Å². The maximum Gasteiger partial charge on any atom is 0.401 e. The van der Waals surface area contributed by atoms with Crippen LogP contribution in [0.15, 0.2) is 18.2 Å². The van der Waals surface area contributed by atoms with Gasteiger partial charge in [0.05, 0.1) is 13.7 Å². The van der Waals surface area contributed by atoms with Gasteiger partial charge in [-0.1, -0.05) is 12.1 Å². The third kappa shape index (κ3) is 4.44. The number of ether oxygens (including phenoxy) is 1. The summed E-state index contributed by atoms with van der Waals surface area (Å²) < 4.78 is 41.4. The van der Waals surface area contributed by atoms with Crippen LogP contribution < -0.4 is 10.1 Å². The molecule has 106 valence electrons. The van der Waals surface area contributed by atoms with E-state index in [1.165, 1.54) is 25.3 Å². The van der Waals surface area contributed by atoms with Gasteiger partial charge in [0.1, 0.15) is 11.8 Å². The fourth-order valence-corrected chi connectivity index (χ4v) is 1.65. The second kappa shape index (κ2) is 5.92. The fourth-order valence-electron chi connectivity index (χ4n) is 1.65. The van der Waals surface area contributed by atoms with Crippen molar-refractivity contribution >= 4 is 5.97 Å². The van der Waals surface area contributed by atoms with Crippen LogP contribution in [0.3, 0.4) is 0 Å². The zero-order chi connectivity index (χ0) is 14.6. The number of hydrogen-bond acceptors (Lipinski definition) is 3. The molecule has 0 aliphatic rings. The number of methoxy groups -OCH3 is 1. The first-order valence-corrected chi connectivity index (χ1v) is 5.42. The van der Waals surface area contributed by atoms with Gasteiger partial charge in [0.15, 0.2) is 0 Å². The molecule has 0 saturated heterocycles. The summed E-state index contributed by atoms with van der Waals surface area (Å²) >= 11 is 0. The number of rotatable bonds is 5. The number of benzene rings is 1. The highest BCUT2D eigenvalue weighted by molar-refractivity contribution is 5.75. The van der Waals surface area contributed by atoms with Crippen molar-refractivity contribution in [3.05, 3.63) is 29.3 Å². The first-order chi connectivity index (χ1) is 8.74. The van der Waals surface area contributed by atoms with E-state index in [2.05, 4.69) is 0 Å². The molecular formula is C12H14F3NO3. The number of aryl methyl sites for hydroxylation is 1. The summed E-state index contributed by atoms with van der Waals surface area (Å²) in [6.45, 7) is 0.319. The molecule has 0 spiro atoms. The van der Waals surface area contributed by atoms with Gasteiger partial charge in [0, 0.05) is 0 Å². The first kappa shape index (κ1) is 15.3. The lowest BCUT2D eigenvalue weighted by molar-refractivity contribution is -0.143. The number of aliphatic carboxylic acids is 1. The molecule has 0 bridgehead atoms. The van der Waals surface area contributed by atoms with Crippen molar-refractivity contribution in [1.29, 1.82) is 0 Å². The van der Waals surface area contributed by atoms with Gasteiger partial charge < -0.3 is 9.84 Å². The Kier molecular flexibility index (Phi) is 4.77. The average molecular weight is 277 g/mol. The lowest BCUT2D eigenvalue weighted by Crippen LogP contribution is -2.36. The lowest BCUT2D eigenvalue weighted by Gasteiger charge is -2.17. The van der Waals surface area contributed by atoms with Gasteiger partial charge >= 0.3 is 12.1 Å². The van der Waals surface area contributed by atoms with E-state index in [0.717, 1.165) is 0 Å². The van der Waals surface area contributed by atoms with Gasteiger partial charge in [-0.2, -0.15) is 13.2 Å². The molecule has 1 aromatic rings. The molecule has 0 saturated carbocycles. The standard InChI is InChI=1S/C12H14F3NO3/c1-7-5-8(3-4-9(7)19-2)10(11(17)18)16-6-12(13,14)15/h3-5,10,16H,6H2,1-2H3,(H,17,18). The van der Waals surface area contributed by atoms with Crippen molar-refractivity contribution in [3.63, 3.8) is 0 Å². The van der Waals surface area contributed by atoms with Crippen molar-refractivity contribution in [1.82, 2.24) is 5.32 Å². The van der Waals surface area contributed by atoms with Gasteiger partial charge in [0.2, 0.25) is 0 Å². The van der Waals surface area contributed by atoms with E-state index in [4.69, 9.17) is 9.84 Å². The Balaban J connectivity index is 2.93. The molecule has 1 atom stereocenters. The second-order valence-corrected chi connectivity index (χ2v) is 4.00. The Morgan fingerprint density at radius 3 is 2.53 bits per heavy atom. The van der Waals surface area contributed by atoms with Gasteiger partial charge in [-0.25, -0.2) is 0 Å². The van der Waals surface area contributed by atoms with E-state index in [9.17, 15) is 18.0 Å². The average Bonchev–Trinajstić information content (AvgIpc) is 2.27. The molecule has 1 aromatic carbocycles. The third-order valence-corrected chi connectivity index (χ3v) is 2.51. The van der Waals surface area contributed by atoms with Crippen molar-refractivity contribution in [2.45, 2.75) is 19.1 Å². The number of nitrogens with one attached hydrogen (secondary N) is 1. The van der Waals surface area contributed by atoms with Crippen LogP contribution in [0.4, 0.5) is 13.2 Å². The molecule has 0 radical (unpaired) electrons. The van der Waals surface area contributed by atoms with Crippen molar-refractivity contribution < 1.29 is 27.8 Å². The molecule has 7 heteroatoms. The molecule has 1 unspecified atom stereocenters. The number of carboxylic acids is 1. The van der Waals surface area contributed by atoms with Crippen LogP contribution in [-0.2, 0) is 4.79 Å². The molecule has 0 heterocycles. The van der Waals surface area contributed by atoms with E-state index >= 15 is 0 Å². The van der Waals surface area contributed by atoms with E-state index in [1.54, 1.807) is 6.92 Å². The number of carbonyl (C=O) groups is 1. The van der Waals surface area contributed by atoms with Crippen LogP contribution in [-0.4, -0.2) is 30.9 Å². The van der Waals surface area contributed by atoms with E-state index < -0.39 is 24.7 Å². The van der Waals surface area contributed by atoms with Crippen LogP contribution in [0.5, 0.6) is 5.75 Å². The number of halogens is 3. The Morgan fingerprint density at radius 1 is 1.47 bits per heavy atom. The van der Waals surface area contributed by atoms with E-state index in [0.29, 0.717) is 11.3 Å². The molecular weight excluding hydrogens is 263 g/mol. The van der Waals surface area contributed by atoms with E-state index in [-0.39, 0.29) is 5.56 Å². The van der Waals surface area contributed by atoms with Gasteiger partial charge in [-0.05, 0) is 24.1 Å². The zero-order valence-electron chi connectivity index (χ0n) is 10.4. The predicted octanol–water partition coefficient (Wildman–Crippen LogP) is 2.28. The molecule has 4 nitrogen and oxygen atoms in total. The molecule has 0 aromatic heterocycles. The smallest absolute Gasteiger partial charge is 0.401 e. The summed E-state index contributed by atoms with van der Waals surface area (Å²) in [4.78, 5) is 11.0. The monoisotopic (exact) mass is 277 g/mol. The van der Waals surface area contributed by atoms with Crippen molar-refractivity contribution in [2.75, 3.05) is 13.7 Å². The summed E-state index contributed by atoms with van der Waals surface area (Å²) in [6, 6.07) is 3.02. The van der Waals surface area contributed by atoms with Gasteiger partial charge in [0.25, 0.3) is 0 Å². The number of hydrogen-bond donors (Lipinski definition) is 2. The maximum atomic E-state index is 12.1. The normalized spacial score (nSPS) is 13.1. The topological polar surface area (TPSA) is 58.6 Å². The fraction of sp³-hybridized carbons (Fsp3) is 0.417. The molecule has 1 rings (SSSR count). The summed E-state index contributed by atoms with van der Waals surface area (Å²) in [7, 11) is 1.46.